The van der Waals surface area contributed by atoms with E-state index in [1.54, 1.807) is 12.4 Å². The Morgan fingerprint density at radius 2 is 2.11 bits per heavy atom. The predicted octanol–water partition coefficient (Wildman–Crippen LogP) is 1.86. The second-order valence-electron chi connectivity index (χ2n) is 4.25. The standard InChI is InChI=1S/C14H13N3O/c18-14-13(11-5-1-2-6-12(11)17-14)16-9-10-4-3-7-15-8-10/h1-8,13,16H,9H2,(H,17,18). The summed E-state index contributed by atoms with van der Waals surface area (Å²) in [6, 6.07) is 11.3. The van der Waals surface area contributed by atoms with Gasteiger partial charge in [-0.1, -0.05) is 24.3 Å². The maximum Gasteiger partial charge on any atom is 0.246 e. The fourth-order valence-electron chi connectivity index (χ4n) is 2.13. The van der Waals surface area contributed by atoms with E-state index in [-0.39, 0.29) is 11.9 Å². The number of para-hydroxylation sites is 1. The fraction of sp³-hybridized carbons (Fsp3) is 0.143. The average molecular weight is 239 g/mol. The number of amides is 1. The first-order chi connectivity index (χ1) is 8.84. The third kappa shape index (κ3) is 1.98. The van der Waals surface area contributed by atoms with Crippen LogP contribution in [0.3, 0.4) is 0 Å². The molecule has 2 N–H and O–H groups in total. The van der Waals surface area contributed by atoms with E-state index in [0.717, 1.165) is 16.8 Å². The van der Waals surface area contributed by atoms with Crippen LogP contribution in [0, 0.1) is 0 Å². The fourth-order valence-corrected chi connectivity index (χ4v) is 2.13. The molecule has 1 atom stereocenters. The summed E-state index contributed by atoms with van der Waals surface area (Å²) in [5.41, 5.74) is 2.97. The number of benzene rings is 1. The molecule has 1 aromatic heterocycles. The van der Waals surface area contributed by atoms with E-state index in [1.807, 2.05) is 36.4 Å². The Kier molecular flexibility index (Phi) is 2.78. The van der Waals surface area contributed by atoms with E-state index >= 15 is 0 Å². The quantitative estimate of drug-likeness (QED) is 0.859. The van der Waals surface area contributed by atoms with E-state index in [4.69, 9.17) is 0 Å². The van der Waals surface area contributed by atoms with Gasteiger partial charge in [-0.2, -0.15) is 0 Å². The minimum Gasteiger partial charge on any atom is -0.324 e. The highest BCUT2D eigenvalue weighted by atomic mass is 16.2. The van der Waals surface area contributed by atoms with E-state index in [9.17, 15) is 4.79 Å². The van der Waals surface area contributed by atoms with Crippen LogP contribution >= 0.6 is 0 Å². The van der Waals surface area contributed by atoms with Crippen molar-refractivity contribution in [2.24, 2.45) is 0 Å². The van der Waals surface area contributed by atoms with E-state index in [1.165, 1.54) is 0 Å². The van der Waals surface area contributed by atoms with Crippen LogP contribution in [0.5, 0.6) is 0 Å². The molecule has 1 aliphatic rings. The van der Waals surface area contributed by atoms with Gasteiger partial charge in [-0.05, 0) is 17.7 Å². The van der Waals surface area contributed by atoms with Gasteiger partial charge in [-0.3, -0.25) is 15.1 Å². The predicted molar refractivity (Wildman–Crippen MR) is 68.9 cm³/mol. The van der Waals surface area contributed by atoms with Crippen LogP contribution < -0.4 is 10.6 Å². The second kappa shape index (κ2) is 4.58. The molecule has 3 rings (SSSR count). The highest BCUT2D eigenvalue weighted by Crippen LogP contribution is 2.30. The van der Waals surface area contributed by atoms with Gasteiger partial charge in [-0.15, -0.1) is 0 Å². The van der Waals surface area contributed by atoms with Gasteiger partial charge < -0.3 is 5.32 Å². The summed E-state index contributed by atoms with van der Waals surface area (Å²) in [5.74, 6) is 0.0000836. The second-order valence-corrected chi connectivity index (χ2v) is 4.25. The first kappa shape index (κ1) is 10.9. The molecular formula is C14H13N3O. The van der Waals surface area contributed by atoms with Gasteiger partial charge in [0.15, 0.2) is 0 Å². The summed E-state index contributed by atoms with van der Waals surface area (Å²) >= 11 is 0. The number of rotatable bonds is 3. The molecule has 1 unspecified atom stereocenters. The first-order valence-corrected chi connectivity index (χ1v) is 5.87. The van der Waals surface area contributed by atoms with Crippen LogP contribution in [0.2, 0.25) is 0 Å². The monoisotopic (exact) mass is 239 g/mol. The average Bonchev–Trinajstić information content (AvgIpc) is 2.73. The molecule has 0 radical (unpaired) electrons. The Balaban J connectivity index is 1.76. The van der Waals surface area contributed by atoms with E-state index in [2.05, 4.69) is 15.6 Å². The van der Waals surface area contributed by atoms with Crippen molar-refractivity contribution >= 4 is 11.6 Å². The van der Waals surface area contributed by atoms with Crippen molar-refractivity contribution in [3.05, 3.63) is 59.9 Å². The number of aromatic nitrogens is 1. The largest absolute Gasteiger partial charge is 0.324 e. The highest BCUT2D eigenvalue weighted by molar-refractivity contribution is 6.02. The highest BCUT2D eigenvalue weighted by Gasteiger charge is 2.29. The smallest absolute Gasteiger partial charge is 0.246 e. The zero-order valence-electron chi connectivity index (χ0n) is 9.76. The van der Waals surface area contributed by atoms with Crippen molar-refractivity contribution in [2.75, 3.05) is 5.32 Å². The maximum atomic E-state index is 11.9. The molecule has 0 spiro atoms. The molecule has 2 heterocycles. The number of fused-ring (bicyclic) bond motifs is 1. The van der Waals surface area contributed by atoms with Gasteiger partial charge >= 0.3 is 0 Å². The number of carbonyl (C=O) groups is 1. The van der Waals surface area contributed by atoms with Crippen LogP contribution in [0.25, 0.3) is 0 Å². The van der Waals surface area contributed by atoms with Gasteiger partial charge in [-0.25, -0.2) is 0 Å². The zero-order valence-corrected chi connectivity index (χ0v) is 9.76. The van der Waals surface area contributed by atoms with Crippen molar-refractivity contribution in [1.82, 2.24) is 10.3 Å². The van der Waals surface area contributed by atoms with Crippen molar-refractivity contribution in [1.29, 1.82) is 0 Å². The van der Waals surface area contributed by atoms with Crippen LogP contribution in [0.4, 0.5) is 5.69 Å². The molecule has 1 amide bonds. The number of carbonyl (C=O) groups excluding carboxylic acids is 1. The SMILES string of the molecule is O=C1Nc2ccccc2C1NCc1cccnc1. The summed E-state index contributed by atoms with van der Waals surface area (Å²) in [5, 5.41) is 6.12. The molecular weight excluding hydrogens is 226 g/mol. The number of nitrogens with zero attached hydrogens (tertiary/aromatic N) is 1. The topological polar surface area (TPSA) is 54.0 Å². The van der Waals surface area contributed by atoms with Crippen molar-refractivity contribution in [2.45, 2.75) is 12.6 Å². The minimum absolute atomic E-state index is 0.0000836. The Labute approximate surface area is 105 Å². The molecule has 2 aromatic rings. The molecule has 0 saturated heterocycles. The third-order valence-corrected chi connectivity index (χ3v) is 3.02. The Bertz CT molecular complexity index is 568. The molecule has 90 valence electrons. The van der Waals surface area contributed by atoms with Gasteiger partial charge in [0.25, 0.3) is 0 Å². The summed E-state index contributed by atoms with van der Waals surface area (Å²) in [7, 11) is 0. The molecule has 0 bridgehead atoms. The molecule has 18 heavy (non-hydrogen) atoms. The van der Waals surface area contributed by atoms with Crippen molar-refractivity contribution in [3.8, 4) is 0 Å². The number of hydrogen-bond donors (Lipinski definition) is 2. The number of nitrogens with one attached hydrogen (secondary N) is 2. The molecule has 0 aliphatic carbocycles. The lowest BCUT2D eigenvalue weighted by molar-refractivity contribution is -0.117. The molecule has 0 saturated carbocycles. The number of hydrogen-bond acceptors (Lipinski definition) is 3. The van der Waals surface area contributed by atoms with Crippen LogP contribution in [-0.4, -0.2) is 10.9 Å². The van der Waals surface area contributed by atoms with Crippen LogP contribution in [0.1, 0.15) is 17.2 Å². The Hall–Kier alpha value is -2.20. The summed E-state index contributed by atoms with van der Waals surface area (Å²) in [6.45, 7) is 0.625. The van der Waals surface area contributed by atoms with Crippen molar-refractivity contribution in [3.63, 3.8) is 0 Å². The molecule has 0 fully saturated rings. The summed E-state index contributed by atoms with van der Waals surface area (Å²) < 4.78 is 0. The van der Waals surface area contributed by atoms with Crippen molar-refractivity contribution < 1.29 is 4.79 Å². The van der Waals surface area contributed by atoms with Gasteiger partial charge in [0, 0.05) is 30.2 Å². The lowest BCUT2D eigenvalue weighted by Crippen LogP contribution is -2.27. The molecule has 1 aliphatic heterocycles. The molecule has 4 nitrogen and oxygen atoms in total. The van der Waals surface area contributed by atoms with Gasteiger partial charge in [0.05, 0.1) is 0 Å². The van der Waals surface area contributed by atoms with E-state index in [0.29, 0.717) is 6.54 Å². The Morgan fingerprint density at radius 3 is 2.94 bits per heavy atom. The molecule has 4 heteroatoms. The normalized spacial score (nSPS) is 17.3. The number of anilines is 1. The lowest BCUT2D eigenvalue weighted by Gasteiger charge is -2.11. The van der Waals surface area contributed by atoms with Crippen LogP contribution in [-0.2, 0) is 11.3 Å². The van der Waals surface area contributed by atoms with Crippen LogP contribution in [0.15, 0.2) is 48.8 Å². The minimum atomic E-state index is -0.276. The summed E-state index contributed by atoms with van der Waals surface area (Å²) in [4.78, 5) is 15.9. The number of pyridine rings is 1. The maximum absolute atomic E-state index is 11.9. The van der Waals surface area contributed by atoms with E-state index < -0.39 is 0 Å². The zero-order chi connectivity index (χ0) is 12.4. The third-order valence-electron chi connectivity index (χ3n) is 3.02. The first-order valence-electron chi connectivity index (χ1n) is 5.87. The lowest BCUT2D eigenvalue weighted by atomic mass is 10.1. The Morgan fingerprint density at radius 1 is 1.22 bits per heavy atom. The summed E-state index contributed by atoms with van der Waals surface area (Å²) in [6.07, 6.45) is 3.53. The van der Waals surface area contributed by atoms with Gasteiger partial charge in [0.2, 0.25) is 5.91 Å². The van der Waals surface area contributed by atoms with Gasteiger partial charge in [0.1, 0.15) is 6.04 Å². The molecule has 1 aromatic carbocycles.